The molecule has 0 aliphatic carbocycles. The van der Waals surface area contributed by atoms with E-state index in [4.69, 9.17) is 0 Å². The van der Waals surface area contributed by atoms with Crippen LogP contribution in [0, 0.1) is 11.6 Å². The molecular formula is C16H13F2NO. The number of anilines is 1. The first-order valence-electron chi connectivity index (χ1n) is 6.04. The quantitative estimate of drug-likeness (QED) is 0.782. The summed E-state index contributed by atoms with van der Waals surface area (Å²) in [6.45, 7) is 0. The van der Waals surface area contributed by atoms with Gasteiger partial charge in [-0.05, 0) is 35.9 Å². The van der Waals surface area contributed by atoms with Crippen LogP contribution in [0.5, 0.6) is 0 Å². The van der Waals surface area contributed by atoms with Crippen LogP contribution in [0.2, 0.25) is 0 Å². The van der Waals surface area contributed by atoms with Crippen molar-refractivity contribution in [3.63, 3.8) is 0 Å². The van der Waals surface area contributed by atoms with Crippen LogP contribution < -0.4 is 4.90 Å². The summed E-state index contributed by atoms with van der Waals surface area (Å²) in [6.07, 6.45) is 2.77. The number of carbonyl (C=O) groups excluding carboxylic acids is 1. The van der Waals surface area contributed by atoms with E-state index < -0.39 is 5.82 Å². The van der Waals surface area contributed by atoms with Gasteiger partial charge in [-0.3, -0.25) is 4.79 Å². The summed E-state index contributed by atoms with van der Waals surface area (Å²) in [7, 11) is 1.48. The Hall–Kier alpha value is -2.49. The number of nitrogens with zero attached hydrogens (tertiary/aromatic N) is 1. The Morgan fingerprint density at radius 1 is 1.10 bits per heavy atom. The van der Waals surface area contributed by atoms with Crippen molar-refractivity contribution in [2.24, 2.45) is 0 Å². The Bertz CT molecular complexity index is 652. The highest BCUT2D eigenvalue weighted by atomic mass is 19.1. The lowest BCUT2D eigenvalue weighted by Gasteiger charge is -2.15. The van der Waals surface area contributed by atoms with Gasteiger partial charge in [0.15, 0.2) is 0 Å². The van der Waals surface area contributed by atoms with E-state index in [0.29, 0.717) is 5.56 Å². The van der Waals surface area contributed by atoms with Gasteiger partial charge in [0.25, 0.3) is 5.91 Å². The lowest BCUT2D eigenvalue weighted by atomic mass is 10.2. The fourth-order valence-electron chi connectivity index (χ4n) is 1.73. The molecule has 0 saturated heterocycles. The third kappa shape index (κ3) is 3.29. The second kappa shape index (κ2) is 6.10. The molecule has 20 heavy (non-hydrogen) atoms. The lowest BCUT2D eigenvalue weighted by Crippen LogP contribution is -2.24. The first kappa shape index (κ1) is 13.9. The zero-order chi connectivity index (χ0) is 14.5. The van der Waals surface area contributed by atoms with Crippen molar-refractivity contribution in [2.45, 2.75) is 0 Å². The van der Waals surface area contributed by atoms with Gasteiger partial charge in [-0.25, -0.2) is 8.78 Å². The molecule has 0 aliphatic rings. The molecule has 0 bridgehead atoms. The van der Waals surface area contributed by atoms with Gasteiger partial charge >= 0.3 is 0 Å². The average Bonchev–Trinajstić information content (AvgIpc) is 2.44. The number of hydrogen-bond donors (Lipinski definition) is 0. The minimum Gasteiger partial charge on any atom is -0.309 e. The van der Waals surface area contributed by atoms with Gasteiger partial charge in [0.05, 0.1) is 5.69 Å². The number of halogens is 2. The van der Waals surface area contributed by atoms with E-state index in [1.165, 1.54) is 48.4 Å². The standard InChI is InChI=1S/C16H13F2NO/c1-19(15-8-3-2-7-14(15)18)16(20)10-9-12-5-4-6-13(17)11-12/h2-11H,1H3/b10-9+. The third-order valence-corrected chi connectivity index (χ3v) is 2.81. The fraction of sp³-hybridized carbons (Fsp3) is 0.0625. The molecule has 0 unspecified atom stereocenters. The molecule has 0 atom stereocenters. The molecule has 2 aromatic rings. The predicted molar refractivity (Wildman–Crippen MR) is 75.2 cm³/mol. The van der Waals surface area contributed by atoms with Crippen LogP contribution in [-0.4, -0.2) is 13.0 Å². The molecule has 0 aliphatic heterocycles. The summed E-state index contributed by atoms with van der Waals surface area (Å²) < 4.78 is 26.5. The van der Waals surface area contributed by atoms with Crippen LogP contribution in [0.25, 0.3) is 6.08 Å². The molecule has 0 saturated carbocycles. The Morgan fingerprint density at radius 2 is 1.85 bits per heavy atom. The van der Waals surface area contributed by atoms with Crippen LogP contribution in [0.1, 0.15) is 5.56 Å². The van der Waals surface area contributed by atoms with Crippen LogP contribution in [-0.2, 0) is 4.79 Å². The maximum absolute atomic E-state index is 13.5. The summed E-state index contributed by atoms with van der Waals surface area (Å²) in [4.78, 5) is 13.1. The zero-order valence-electron chi connectivity index (χ0n) is 10.9. The van der Waals surface area contributed by atoms with E-state index in [9.17, 15) is 13.6 Å². The van der Waals surface area contributed by atoms with Crippen molar-refractivity contribution in [1.29, 1.82) is 0 Å². The Balaban J connectivity index is 2.14. The topological polar surface area (TPSA) is 20.3 Å². The molecule has 2 aromatic carbocycles. The normalized spacial score (nSPS) is 10.8. The van der Waals surface area contributed by atoms with Crippen molar-refractivity contribution < 1.29 is 13.6 Å². The molecule has 2 rings (SSSR count). The van der Waals surface area contributed by atoms with Gasteiger partial charge in [-0.15, -0.1) is 0 Å². The zero-order valence-corrected chi connectivity index (χ0v) is 10.9. The Labute approximate surface area is 116 Å². The predicted octanol–water partition coefficient (Wildman–Crippen LogP) is 3.64. The smallest absolute Gasteiger partial charge is 0.250 e. The number of para-hydroxylation sites is 1. The van der Waals surface area contributed by atoms with Gasteiger partial charge in [0.2, 0.25) is 0 Å². The molecule has 102 valence electrons. The van der Waals surface area contributed by atoms with E-state index in [1.807, 2.05) is 0 Å². The highest BCUT2D eigenvalue weighted by Crippen LogP contribution is 2.17. The maximum atomic E-state index is 13.5. The fourth-order valence-corrected chi connectivity index (χ4v) is 1.73. The van der Waals surface area contributed by atoms with Crippen LogP contribution in [0.4, 0.5) is 14.5 Å². The molecule has 0 N–H and O–H groups in total. The largest absolute Gasteiger partial charge is 0.309 e. The molecule has 0 aromatic heterocycles. The lowest BCUT2D eigenvalue weighted by molar-refractivity contribution is -0.113. The van der Waals surface area contributed by atoms with Crippen molar-refractivity contribution in [3.8, 4) is 0 Å². The number of rotatable bonds is 3. The second-order valence-corrected chi connectivity index (χ2v) is 4.24. The summed E-state index contributed by atoms with van der Waals surface area (Å²) in [5.74, 6) is -1.23. The minimum absolute atomic E-state index is 0.196. The van der Waals surface area contributed by atoms with Gasteiger partial charge in [-0.1, -0.05) is 24.3 Å². The van der Waals surface area contributed by atoms with Crippen molar-refractivity contribution >= 4 is 17.7 Å². The molecule has 0 radical (unpaired) electrons. The SMILES string of the molecule is CN(C(=O)/C=C/c1cccc(F)c1)c1ccccc1F. The van der Waals surface area contributed by atoms with Gasteiger partial charge in [0, 0.05) is 13.1 Å². The number of amides is 1. The highest BCUT2D eigenvalue weighted by Gasteiger charge is 2.11. The van der Waals surface area contributed by atoms with Crippen LogP contribution in [0.15, 0.2) is 54.6 Å². The van der Waals surface area contributed by atoms with Gasteiger partial charge in [-0.2, -0.15) is 0 Å². The number of hydrogen-bond acceptors (Lipinski definition) is 1. The Morgan fingerprint density at radius 3 is 2.55 bits per heavy atom. The molecule has 0 spiro atoms. The van der Waals surface area contributed by atoms with E-state index in [0.717, 1.165) is 0 Å². The van der Waals surface area contributed by atoms with Crippen LogP contribution >= 0.6 is 0 Å². The van der Waals surface area contributed by atoms with Gasteiger partial charge in [0.1, 0.15) is 11.6 Å². The van der Waals surface area contributed by atoms with E-state index in [2.05, 4.69) is 0 Å². The minimum atomic E-state index is -0.470. The molecule has 4 heteroatoms. The Kier molecular flexibility index (Phi) is 4.25. The van der Waals surface area contributed by atoms with Gasteiger partial charge < -0.3 is 4.90 Å². The molecule has 0 fully saturated rings. The summed E-state index contributed by atoms with van der Waals surface area (Å²) >= 11 is 0. The third-order valence-electron chi connectivity index (χ3n) is 2.81. The van der Waals surface area contributed by atoms with Crippen molar-refractivity contribution in [3.05, 3.63) is 71.8 Å². The molecule has 2 nitrogen and oxygen atoms in total. The molecular weight excluding hydrogens is 260 g/mol. The number of benzene rings is 2. The van der Waals surface area contributed by atoms with Crippen LogP contribution in [0.3, 0.4) is 0 Å². The van der Waals surface area contributed by atoms with E-state index in [-0.39, 0.29) is 17.4 Å². The van der Waals surface area contributed by atoms with E-state index in [1.54, 1.807) is 24.3 Å². The summed E-state index contributed by atoms with van der Waals surface area (Å²) in [5.41, 5.74) is 0.765. The first-order valence-corrected chi connectivity index (χ1v) is 6.04. The van der Waals surface area contributed by atoms with Crippen molar-refractivity contribution in [2.75, 3.05) is 11.9 Å². The van der Waals surface area contributed by atoms with E-state index >= 15 is 0 Å². The monoisotopic (exact) mass is 273 g/mol. The first-order chi connectivity index (χ1) is 9.58. The molecule has 1 amide bonds. The second-order valence-electron chi connectivity index (χ2n) is 4.24. The highest BCUT2D eigenvalue weighted by molar-refractivity contribution is 6.03. The van der Waals surface area contributed by atoms with Crippen molar-refractivity contribution in [1.82, 2.24) is 0 Å². The molecule has 0 heterocycles. The number of likely N-dealkylation sites (N-methyl/N-ethyl adjacent to an activating group) is 1. The summed E-state index contributed by atoms with van der Waals surface area (Å²) in [6, 6.07) is 11.9. The maximum Gasteiger partial charge on any atom is 0.250 e. The average molecular weight is 273 g/mol. The summed E-state index contributed by atoms with van der Waals surface area (Å²) in [5, 5.41) is 0. The number of carbonyl (C=O) groups is 1.